The zero-order chi connectivity index (χ0) is 11.4. The van der Waals surface area contributed by atoms with Crippen LogP contribution in [0, 0.1) is 0 Å². The van der Waals surface area contributed by atoms with Crippen LogP contribution in [0.5, 0.6) is 0 Å². The van der Waals surface area contributed by atoms with Crippen LogP contribution in [0.3, 0.4) is 0 Å². The van der Waals surface area contributed by atoms with Gasteiger partial charge in [0.15, 0.2) is 0 Å². The van der Waals surface area contributed by atoms with Gasteiger partial charge in [0.1, 0.15) is 0 Å². The minimum Gasteiger partial charge on any atom is -0.0843 e. The molecular formula is C14H21ClSi. The van der Waals surface area contributed by atoms with E-state index in [0.717, 1.165) is 16.5 Å². The van der Waals surface area contributed by atoms with E-state index in [1.165, 1.54) is 37.3 Å². The van der Waals surface area contributed by atoms with Crippen LogP contribution < -0.4 is 0 Å². The number of benzene rings is 1. The Morgan fingerprint density at radius 1 is 1.12 bits per heavy atom. The Kier molecular flexibility index (Phi) is 4.48. The highest BCUT2D eigenvalue weighted by atomic mass is 35.5. The molecule has 2 heteroatoms. The first-order valence-electron chi connectivity index (χ1n) is 6.55. The lowest BCUT2D eigenvalue weighted by Gasteiger charge is -2.28. The lowest BCUT2D eigenvalue weighted by molar-refractivity contribution is 0.441. The van der Waals surface area contributed by atoms with E-state index in [1.54, 1.807) is 0 Å². The fraction of sp³-hybridized carbons (Fsp3) is 0.571. The van der Waals surface area contributed by atoms with Crippen molar-refractivity contribution in [2.75, 3.05) is 0 Å². The van der Waals surface area contributed by atoms with Gasteiger partial charge in [-0.3, -0.25) is 0 Å². The van der Waals surface area contributed by atoms with Crippen molar-refractivity contribution < 1.29 is 0 Å². The molecule has 1 fully saturated rings. The van der Waals surface area contributed by atoms with Gasteiger partial charge in [0, 0.05) is 14.5 Å². The molecule has 1 aliphatic rings. The first-order valence-corrected chi connectivity index (χ1v) is 8.74. The molecule has 0 heterocycles. The van der Waals surface area contributed by atoms with Crippen LogP contribution >= 0.6 is 11.6 Å². The third-order valence-corrected chi connectivity index (χ3v) is 6.35. The monoisotopic (exact) mass is 252 g/mol. The predicted molar refractivity (Wildman–Crippen MR) is 75.4 cm³/mol. The van der Waals surface area contributed by atoms with Crippen LogP contribution in [0.4, 0.5) is 0 Å². The summed E-state index contributed by atoms with van der Waals surface area (Å²) < 4.78 is 0. The quantitative estimate of drug-likeness (QED) is 0.700. The second kappa shape index (κ2) is 5.88. The summed E-state index contributed by atoms with van der Waals surface area (Å²) in [5, 5.41) is 0.857. The van der Waals surface area contributed by atoms with E-state index >= 15 is 0 Å². The second-order valence-corrected chi connectivity index (χ2v) is 8.23. The molecule has 0 unspecified atom stereocenters. The summed E-state index contributed by atoms with van der Waals surface area (Å²) in [6.07, 6.45) is 5.76. The van der Waals surface area contributed by atoms with Crippen molar-refractivity contribution in [2.24, 2.45) is 0 Å². The maximum atomic E-state index is 5.92. The summed E-state index contributed by atoms with van der Waals surface area (Å²) in [5.74, 6) is 0.805. The zero-order valence-corrected chi connectivity index (χ0v) is 12.3. The summed E-state index contributed by atoms with van der Waals surface area (Å²) >= 11 is 5.92. The third kappa shape index (κ3) is 3.11. The molecule has 0 aromatic heterocycles. The van der Waals surface area contributed by atoms with Gasteiger partial charge in [0.2, 0.25) is 0 Å². The minimum atomic E-state index is 0.246. The molecule has 0 spiro atoms. The van der Waals surface area contributed by atoms with E-state index in [0.29, 0.717) is 0 Å². The number of halogens is 1. The minimum absolute atomic E-state index is 0.246. The number of hydrogen-bond acceptors (Lipinski definition) is 0. The normalized spacial score (nSPS) is 26.4. The maximum absolute atomic E-state index is 5.92. The molecule has 1 aliphatic carbocycles. The largest absolute Gasteiger partial charge is 0.0843 e. The molecule has 0 nitrogen and oxygen atoms in total. The van der Waals surface area contributed by atoms with Crippen LogP contribution in [0.2, 0.25) is 16.6 Å². The standard InChI is InChI=1S/C14H21ClSi/c1-2-16-14-9-5-12(6-10-14)11-3-7-13(15)8-4-11/h3-4,7-8,12,14H,2,5-6,9-10,16H2,1H3/t12-,14-. The average molecular weight is 253 g/mol. The van der Waals surface area contributed by atoms with E-state index in [-0.39, 0.29) is 9.52 Å². The van der Waals surface area contributed by atoms with Gasteiger partial charge in [-0.1, -0.05) is 55.1 Å². The lowest BCUT2D eigenvalue weighted by atomic mass is 9.84. The fourth-order valence-corrected chi connectivity index (χ4v) is 4.92. The van der Waals surface area contributed by atoms with Crippen LogP contribution in [-0.4, -0.2) is 9.52 Å². The van der Waals surface area contributed by atoms with Gasteiger partial charge < -0.3 is 0 Å². The Labute approximate surface area is 106 Å². The van der Waals surface area contributed by atoms with Crippen molar-refractivity contribution in [2.45, 2.75) is 50.1 Å². The van der Waals surface area contributed by atoms with Gasteiger partial charge in [-0.25, -0.2) is 0 Å². The summed E-state index contributed by atoms with van der Waals surface area (Å²) in [4.78, 5) is 0. The van der Waals surface area contributed by atoms with E-state index < -0.39 is 0 Å². The van der Waals surface area contributed by atoms with E-state index in [9.17, 15) is 0 Å². The predicted octanol–water partition coefficient (Wildman–Crippen LogP) is 4.39. The smallest absolute Gasteiger partial charge is 0.0406 e. The Morgan fingerprint density at radius 3 is 2.31 bits per heavy atom. The second-order valence-electron chi connectivity index (χ2n) is 5.06. The Bertz CT molecular complexity index is 312. The molecule has 1 aromatic carbocycles. The Balaban J connectivity index is 1.91. The van der Waals surface area contributed by atoms with E-state index in [1.807, 2.05) is 12.1 Å². The Hall–Kier alpha value is -0.273. The van der Waals surface area contributed by atoms with Crippen molar-refractivity contribution in [3.8, 4) is 0 Å². The van der Waals surface area contributed by atoms with Crippen molar-refractivity contribution in [3.05, 3.63) is 34.9 Å². The molecule has 1 aromatic rings. The van der Waals surface area contributed by atoms with Crippen molar-refractivity contribution in [3.63, 3.8) is 0 Å². The van der Waals surface area contributed by atoms with Gasteiger partial charge in [0.25, 0.3) is 0 Å². The van der Waals surface area contributed by atoms with E-state index in [4.69, 9.17) is 11.6 Å². The van der Waals surface area contributed by atoms with Crippen LogP contribution in [0.15, 0.2) is 24.3 Å². The summed E-state index contributed by atoms with van der Waals surface area (Å²) in [6.45, 7) is 2.36. The summed E-state index contributed by atoms with van der Waals surface area (Å²) in [7, 11) is 0.246. The molecule has 0 N–H and O–H groups in total. The maximum Gasteiger partial charge on any atom is 0.0406 e. The molecule has 2 rings (SSSR count). The number of hydrogen-bond donors (Lipinski definition) is 0. The fourth-order valence-electron chi connectivity index (χ4n) is 2.93. The molecule has 16 heavy (non-hydrogen) atoms. The van der Waals surface area contributed by atoms with Gasteiger partial charge in [-0.05, 0) is 36.5 Å². The topological polar surface area (TPSA) is 0 Å². The molecule has 0 atom stereocenters. The van der Waals surface area contributed by atoms with Gasteiger partial charge in [-0.15, -0.1) is 0 Å². The van der Waals surface area contributed by atoms with Gasteiger partial charge >= 0.3 is 0 Å². The van der Waals surface area contributed by atoms with Crippen molar-refractivity contribution >= 4 is 21.1 Å². The lowest BCUT2D eigenvalue weighted by Crippen LogP contribution is -2.13. The Morgan fingerprint density at radius 2 is 1.75 bits per heavy atom. The molecule has 1 saturated carbocycles. The molecule has 0 aliphatic heterocycles. The zero-order valence-electron chi connectivity index (χ0n) is 10.1. The highest BCUT2D eigenvalue weighted by Gasteiger charge is 2.21. The first kappa shape index (κ1) is 12.2. The molecule has 0 radical (unpaired) electrons. The van der Waals surface area contributed by atoms with Crippen LogP contribution in [-0.2, 0) is 0 Å². The summed E-state index contributed by atoms with van der Waals surface area (Å²) in [6, 6.07) is 9.97. The molecule has 88 valence electrons. The highest BCUT2D eigenvalue weighted by molar-refractivity contribution is 6.37. The number of rotatable bonds is 3. The third-order valence-electron chi connectivity index (χ3n) is 3.89. The first-order chi connectivity index (χ1) is 7.79. The van der Waals surface area contributed by atoms with E-state index in [2.05, 4.69) is 19.1 Å². The molecule has 0 saturated heterocycles. The van der Waals surface area contributed by atoms with Gasteiger partial charge in [0.05, 0.1) is 0 Å². The highest BCUT2D eigenvalue weighted by Crippen LogP contribution is 2.38. The average Bonchev–Trinajstić information content (AvgIpc) is 2.32. The molecular weight excluding hydrogens is 232 g/mol. The van der Waals surface area contributed by atoms with Crippen LogP contribution in [0.25, 0.3) is 0 Å². The molecule has 0 bridgehead atoms. The van der Waals surface area contributed by atoms with Crippen LogP contribution in [0.1, 0.15) is 44.1 Å². The SMILES string of the molecule is CC[SiH2][C@H]1CC[C@H](c2ccc(Cl)cc2)CC1. The molecule has 0 amide bonds. The van der Waals surface area contributed by atoms with Crippen molar-refractivity contribution in [1.82, 2.24) is 0 Å². The van der Waals surface area contributed by atoms with Gasteiger partial charge in [-0.2, -0.15) is 0 Å². The summed E-state index contributed by atoms with van der Waals surface area (Å²) in [5.41, 5.74) is 2.63. The van der Waals surface area contributed by atoms with Crippen molar-refractivity contribution in [1.29, 1.82) is 0 Å².